The van der Waals surface area contributed by atoms with Crippen molar-refractivity contribution in [1.29, 1.82) is 5.26 Å². The molecule has 0 fully saturated rings. The first-order valence-corrected chi connectivity index (χ1v) is 12.6. The third kappa shape index (κ3) is 6.66. The lowest BCUT2D eigenvalue weighted by Gasteiger charge is -2.29. The monoisotopic (exact) mass is 549 g/mol. The fourth-order valence-electron chi connectivity index (χ4n) is 4.04. The van der Waals surface area contributed by atoms with Gasteiger partial charge in [0, 0.05) is 35.0 Å². The van der Waals surface area contributed by atoms with E-state index < -0.39 is 29.5 Å². The Morgan fingerprint density at radius 3 is 2.38 bits per heavy atom. The molecule has 0 aliphatic carbocycles. The second-order valence-electron chi connectivity index (χ2n) is 8.47. The van der Waals surface area contributed by atoms with Gasteiger partial charge in [0.05, 0.1) is 33.9 Å². The van der Waals surface area contributed by atoms with Crippen LogP contribution in [0.15, 0.2) is 101 Å². The van der Waals surface area contributed by atoms with Gasteiger partial charge in [0.1, 0.15) is 0 Å². The van der Waals surface area contributed by atoms with Crippen LogP contribution in [-0.4, -0.2) is 22.6 Å². The largest absolute Gasteiger partial charge is 0.416 e. The molecular formula is C28H22F3N5O2S. The highest BCUT2D eigenvalue weighted by atomic mass is 32.2. The van der Waals surface area contributed by atoms with E-state index in [2.05, 4.69) is 27.0 Å². The second-order valence-corrected chi connectivity index (χ2v) is 9.45. The average molecular weight is 550 g/mol. The molecule has 39 heavy (non-hydrogen) atoms. The molecule has 2 aromatic carbocycles. The number of benzene rings is 2. The maximum Gasteiger partial charge on any atom is 0.416 e. The number of rotatable bonds is 7. The molecule has 0 unspecified atom stereocenters. The second kappa shape index (κ2) is 11.9. The van der Waals surface area contributed by atoms with Crippen LogP contribution in [0.3, 0.4) is 0 Å². The molecular weight excluding hydrogens is 527 g/mol. The number of dihydropyridines is 1. The van der Waals surface area contributed by atoms with E-state index >= 15 is 0 Å². The summed E-state index contributed by atoms with van der Waals surface area (Å²) < 4.78 is 39.0. The highest BCUT2D eigenvalue weighted by Crippen LogP contribution is 2.41. The van der Waals surface area contributed by atoms with Crippen LogP contribution in [0.1, 0.15) is 24.0 Å². The number of amides is 2. The number of anilines is 2. The van der Waals surface area contributed by atoms with E-state index in [1.165, 1.54) is 12.1 Å². The molecule has 7 nitrogen and oxygen atoms in total. The van der Waals surface area contributed by atoms with Crippen LogP contribution in [0.5, 0.6) is 0 Å². The van der Waals surface area contributed by atoms with Gasteiger partial charge in [-0.2, -0.15) is 18.4 Å². The van der Waals surface area contributed by atoms with E-state index in [4.69, 9.17) is 0 Å². The SMILES string of the molecule is CC1=C(C(=O)Nc2ccccc2)[C@H](c2ccncc2)C(C#N)=C(SCC(=O)Nc2cccc(C(F)(F)F)c2)N1. The lowest BCUT2D eigenvalue weighted by molar-refractivity contribution is -0.137. The summed E-state index contributed by atoms with van der Waals surface area (Å²) in [5.41, 5.74) is 1.43. The van der Waals surface area contributed by atoms with Gasteiger partial charge in [-0.1, -0.05) is 36.0 Å². The topological polar surface area (TPSA) is 107 Å². The van der Waals surface area contributed by atoms with Crippen molar-refractivity contribution >= 4 is 35.0 Å². The smallest absolute Gasteiger partial charge is 0.353 e. The fourth-order valence-corrected chi connectivity index (χ4v) is 4.94. The third-order valence-corrected chi connectivity index (χ3v) is 6.80. The van der Waals surface area contributed by atoms with Gasteiger partial charge in [0.25, 0.3) is 5.91 Å². The minimum Gasteiger partial charge on any atom is -0.353 e. The number of alkyl halides is 3. The zero-order valence-corrected chi connectivity index (χ0v) is 21.4. The number of aromatic nitrogens is 1. The van der Waals surface area contributed by atoms with E-state index in [0.717, 1.165) is 23.9 Å². The molecule has 2 amide bonds. The maximum absolute atomic E-state index is 13.4. The normalized spacial score (nSPS) is 15.3. The van der Waals surface area contributed by atoms with E-state index in [1.807, 2.05) is 6.07 Å². The predicted octanol–water partition coefficient (Wildman–Crippen LogP) is 5.81. The van der Waals surface area contributed by atoms with Crippen molar-refractivity contribution in [3.63, 3.8) is 0 Å². The lowest BCUT2D eigenvalue weighted by atomic mass is 9.82. The van der Waals surface area contributed by atoms with Crippen LogP contribution >= 0.6 is 11.8 Å². The molecule has 0 spiro atoms. The fraction of sp³-hybridized carbons (Fsp3) is 0.143. The van der Waals surface area contributed by atoms with Crippen molar-refractivity contribution in [1.82, 2.24) is 10.3 Å². The maximum atomic E-state index is 13.4. The highest BCUT2D eigenvalue weighted by Gasteiger charge is 2.35. The first kappa shape index (κ1) is 27.5. The van der Waals surface area contributed by atoms with Crippen molar-refractivity contribution in [3.8, 4) is 6.07 Å². The summed E-state index contributed by atoms with van der Waals surface area (Å²) in [5.74, 6) is -1.88. The molecule has 1 aliphatic heterocycles. The molecule has 0 saturated carbocycles. The van der Waals surface area contributed by atoms with Gasteiger partial charge in [-0.25, -0.2) is 0 Å². The molecule has 1 aromatic heterocycles. The quantitative estimate of drug-likeness (QED) is 0.344. The number of pyridine rings is 1. The van der Waals surface area contributed by atoms with Crippen LogP contribution in [0.2, 0.25) is 0 Å². The molecule has 0 radical (unpaired) electrons. The highest BCUT2D eigenvalue weighted by molar-refractivity contribution is 8.03. The number of carbonyl (C=O) groups excluding carboxylic acids is 2. The van der Waals surface area contributed by atoms with Gasteiger partial charge in [-0.3, -0.25) is 14.6 Å². The number of nitriles is 1. The number of allylic oxidation sites excluding steroid dienone is 2. The standard InChI is InChI=1S/C28H22F3N5O2S/c1-17-24(26(38)36-20-7-3-2-4-8-20)25(18-10-12-33-13-11-18)22(15-32)27(34-17)39-16-23(37)35-21-9-5-6-19(14-21)28(29,30)31/h2-14,25,34H,16H2,1H3,(H,35,37)(H,36,38)/t25-/m1/s1. The van der Waals surface area contributed by atoms with Gasteiger partial charge in [0.2, 0.25) is 5.91 Å². The Morgan fingerprint density at radius 1 is 1.03 bits per heavy atom. The van der Waals surface area contributed by atoms with Crippen LogP contribution in [0.4, 0.5) is 24.5 Å². The van der Waals surface area contributed by atoms with E-state index in [9.17, 15) is 28.0 Å². The minimum absolute atomic E-state index is 0.00659. The van der Waals surface area contributed by atoms with Gasteiger partial charge < -0.3 is 16.0 Å². The molecule has 2 heterocycles. The van der Waals surface area contributed by atoms with Crippen LogP contribution in [0.25, 0.3) is 0 Å². The van der Waals surface area contributed by atoms with E-state index in [1.54, 1.807) is 55.7 Å². The molecule has 11 heteroatoms. The predicted molar refractivity (Wildman–Crippen MR) is 143 cm³/mol. The summed E-state index contributed by atoms with van der Waals surface area (Å²) >= 11 is 1.02. The summed E-state index contributed by atoms with van der Waals surface area (Å²) in [7, 11) is 0. The lowest BCUT2D eigenvalue weighted by Crippen LogP contribution is -2.31. The Morgan fingerprint density at radius 2 is 1.72 bits per heavy atom. The summed E-state index contributed by atoms with van der Waals surface area (Å²) in [5, 5.41) is 18.9. The average Bonchev–Trinajstić information content (AvgIpc) is 2.92. The van der Waals surface area contributed by atoms with Crippen LogP contribution in [0, 0.1) is 11.3 Å². The van der Waals surface area contributed by atoms with Gasteiger partial charge in [0.15, 0.2) is 0 Å². The number of nitrogens with zero attached hydrogens (tertiary/aromatic N) is 2. The summed E-state index contributed by atoms with van der Waals surface area (Å²) in [6, 6.07) is 18.8. The number of nitrogens with one attached hydrogen (secondary N) is 3. The van der Waals surface area contributed by atoms with Crippen molar-refractivity contribution in [2.24, 2.45) is 0 Å². The number of thioether (sulfide) groups is 1. The van der Waals surface area contributed by atoms with Gasteiger partial charge >= 0.3 is 6.18 Å². The zero-order valence-electron chi connectivity index (χ0n) is 20.5. The third-order valence-electron chi connectivity index (χ3n) is 5.78. The van der Waals surface area contributed by atoms with Crippen molar-refractivity contribution in [2.75, 3.05) is 16.4 Å². The molecule has 3 N–H and O–H groups in total. The van der Waals surface area contributed by atoms with E-state index in [0.29, 0.717) is 27.6 Å². The number of halogens is 3. The Kier molecular flexibility index (Phi) is 8.36. The molecule has 0 saturated heterocycles. The van der Waals surface area contributed by atoms with Crippen molar-refractivity contribution < 1.29 is 22.8 Å². The number of hydrogen-bond acceptors (Lipinski definition) is 6. The summed E-state index contributed by atoms with van der Waals surface area (Å²) in [4.78, 5) is 30.0. The van der Waals surface area contributed by atoms with E-state index in [-0.39, 0.29) is 17.0 Å². The summed E-state index contributed by atoms with van der Waals surface area (Å²) in [6.07, 6.45) is -1.42. The first-order chi connectivity index (χ1) is 18.7. The molecule has 3 aromatic rings. The summed E-state index contributed by atoms with van der Waals surface area (Å²) in [6.45, 7) is 1.70. The number of para-hydroxylation sites is 1. The van der Waals surface area contributed by atoms with Crippen molar-refractivity contribution in [2.45, 2.75) is 19.0 Å². The van der Waals surface area contributed by atoms with Crippen LogP contribution in [-0.2, 0) is 15.8 Å². The Bertz CT molecular complexity index is 1480. The van der Waals surface area contributed by atoms with Gasteiger partial charge in [-0.15, -0.1) is 0 Å². The molecule has 4 rings (SSSR count). The molecule has 1 aliphatic rings. The minimum atomic E-state index is -4.54. The van der Waals surface area contributed by atoms with Crippen LogP contribution < -0.4 is 16.0 Å². The number of hydrogen-bond donors (Lipinski definition) is 3. The molecule has 1 atom stereocenters. The van der Waals surface area contributed by atoms with Gasteiger partial charge in [-0.05, 0) is 55.0 Å². The molecule has 198 valence electrons. The Hall–Kier alpha value is -4.56. The first-order valence-electron chi connectivity index (χ1n) is 11.7. The zero-order chi connectivity index (χ0) is 28.0. The Labute approximate surface area is 226 Å². The number of carbonyl (C=O) groups is 2. The molecule has 0 bridgehead atoms. The van der Waals surface area contributed by atoms with Crippen molar-refractivity contribution in [3.05, 3.63) is 112 Å². The Balaban J connectivity index is 1.58.